The van der Waals surface area contributed by atoms with E-state index in [0.29, 0.717) is 10.8 Å². The molecule has 134 valence electrons. The molecule has 4 aromatic carbocycles. The van der Waals surface area contributed by atoms with Gasteiger partial charge < -0.3 is 9.66 Å². The molecular formula is C20H13BaN2O4S+. The van der Waals surface area contributed by atoms with Gasteiger partial charge in [-0.3, -0.25) is 0 Å². The molecule has 0 aliphatic heterocycles. The van der Waals surface area contributed by atoms with Crippen LogP contribution in [-0.4, -0.2) is 67.0 Å². The summed E-state index contributed by atoms with van der Waals surface area (Å²) in [4.78, 5) is -0.426. The van der Waals surface area contributed by atoms with E-state index in [1.54, 1.807) is 54.6 Å². The molecule has 0 fully saturated rings. The standard InChI is InChI=1S/C20H14N2O4S.Ba/c23-19-15-7-3-1-5-13(15)9-11-17(19)21-22-18-12-10-14-6-2-4-8-16(14)20(18)27(24,25)26;/h1-12,23H,(H,24,25,26);/q;+2/p-1. The minimum absolute atomic E-state index is 0. The van der Waals surface area contributed by atoms with Gasteiger partial charge in [-0.1, -0.05) is 60.7 Å². The number of rotatable bonds is 3. The van der Waals surface area contributed by atoms with Crippen LogP contribution < -0.4 is 0 Å². The summed E-state index contributed by atoms with van der Waals surface area (Å²) in [7, 11) is -4.78. The van der Waals surface area contributed by atoms with E-state index in [2.05, 4.69) is 10.2 Å². The summed E-state index contributed by atoms with van der Waals surface area (Å²) in [6.45, 7) is 0. The van der Waals surface area contributed by atoms with Crippen molar-refractivity contribution >= 4 is 91.9 Å². The van der Waals surface area contributed by atoms with Crippen LogP contribution in [0.25, 0.3) is 21.5 Å². The number of nitrogens with zero attached hydrogens (tertiary/aromatic N) is 2. The van der Waals surface area contributed by atoms with E-state index in [1.807, 2.05) is 12.1 Å². The van der Waals surface area contributed by atoms with Gasteiger partial charge in [0.05, 0.1) is 4.90 Å². The van der Waals surface area contributed by atoms with Crippen LogP contribution in [0.3, 0.4) is 0 Å². The fourth-order valence-electron chi connectivity index (χ4n) is 3.01. The summed E-state index contributed by atoms with van der Waals surface area (Å²) in [6.07, 6.45) is 0. The van der Waals surface area contributed by atoms with Gasteiger partial charge in [-0.05, 0) is 22.9 Å². The van der Waals surface area contributed by atoms with Gasteiger partial charge in [0.2, 0.25) is 0 Å². The van der Waals surface area contributed by atoms with Crippen molar-refractivity contribution in [2.75, 3.05) is 0 Å². The average molecular weight is 515 g/mol. The van der Waals surface area contributed by atoms with Crippen molar-refractivity contribution in [3.05, 3.63) is 72.8 Å². The van der Waals surface area contributed by atoms with Crippen LogP contribution in [0.1, 0.15) is 0 Å². The second-order valence-electron chi connectivity index (χ2n) is 5.94. The number of aromatic hydroxyl groups is 1. The zero-order valence-electron chi connectivity index (χ0n) is 14.6. The third-order valence-electron chi connectivity index (χ3n) is 4.25. The normalized spacial score (nSPS) is 11.8. The Hall–Kier alpha value is -1.72. The predicted octanol–water partition coefficient (Wildman–Crippen LogP) is 4.64. The van der Waals surface area contributed by atoms with E-state index in [9.17, 15) is 18.1 Å². The van der Waals surface area contributed by atoms with Crippen molar-refractivity contribution in [2.45, 2.75) is 4.90 Å². The smallest absolute Gasteiger partial charge is 0.744 e. The number of phenolic OH excluding ortho intramolecular Hbond substituents is 1. The van der Waals surface area contributed by atoms with E-state index >= 15 is 0 Å². The van der Waals surface area contributed by atoms with Gasteiger partial charge in [0, 0.05) is 10.8 Å². The first-order valence-corrected chi connectivity index (χ1v) is 9.46. The molecule has 28 heavy (non-hydrogen) atoms. The first kappa shape index (κ1) is 21.0. The molecule has 0 atom stereocenters. The van der Waals surface area contributed by atoms with Crippen molar-refractivity contribution in [3.63, 3.8) is 0 Å². The van der Waals surface area contributed by atoms with Gasteiger partial charge >= 0.3 is 48.9 Å². The largest absolute Gasteiger partial charge is 2.00 e. The molecule has 0 bridgehead atoms. The summed E-state index contributed by atoms with van der Waals surface area (Å²) in [6, 6.07) is 20.3. The summed E-state index contributed by atoms with van der Waals surface area (Å²) < 4.78 is 35.4. The number of fused-ring (bicyclic) bond motifs is 2. The van der Waals surface area contributed by atoms with Gasteiger partial charge in [0.15, 0.2) is 5.75 Å². The van der Waals surface area contributed by atoms with E-state index < -0.39 is 15.0 Å². The fourth-order valence-corrected chi connectivity index (χ4v) is 3.83. The van der Waals surface area contributed by atoms with Crippen molar-refractivity contribution < 1.29 is 18.1 Å². The number of phenols is 1. The first-order valence-electron chi connectivity index (χ1n) is 8.05. The molecule has 0 aromatic heterocycles. The Morgan fingerprint density at radius 2 is 1.21 bits per heavy atom. The second-order valence-corrected chi connectivity index (χ2v) is 7.26. The molecule has 0 heterocycles. The Morgan fingerprint density at radius 1 is 0.714 bits per heavy atom. The number of hydrogen-bond acceptors (Lipinski definition) is 6. The Balaban J connectivity index is 0.00000225. The Kier molecular flexibility index (Phi) is 6.25. The SMILES string of the molecule is O=S(=O)([O-])c1c(N=Nc2ccc3ccccc3c2O)ccc2ccccc12.[Ba+2]. The maximum absolute atomic E-state index is 11.8. The number of azo groups is 1. The molecule has 0 saturated heterocycles. The number of benzene rings is 4. The summed E-state index contributed by atoms with van der Waals surface area (Å²) in [5.74, 6) is -0.0656. The first-order chi connectivity index (χ1) is 12.9. The maximum atomic E-state index is 11.8. The number of hydrogen-bond donors (Lipinski definition) is 1. The Bertz CT molecular complexity index is 1320. The molecule has 0 radical (unpaired) electrons. The average Bonchev–Trinajstić information content (AvgIpc) is 2.66. The minimum Gasteiger partial charge on any atom is -0.744 e. The maximum Gasteiger partial charge on any atom is 2.00 e. The van der Waals surface area contributed by atoms with Crippen molar-refractivity contribution in [3.8, 4) is 5.75 Å². The molecule has 0 saturated carbocycles. The predicted molar refractivity (Wildman–Crippen MR) is 107 cm³/mol. The third-order valence-corrected chi connectivity index (χ3v) is 5.18. The van der Waals surface area contributed by atoms with E-state index in [0.717, 1.165) is 5.39 Å². The Morgan fingerprint density at radius 3 is 1.86 bits per heavy atom. The quantitative estimate of drug-likeness (QED) is 0.244. The molecule has 6 nitrogen and oxygen atoms in total. The Labute approximate surface area is 201 Å². The van der Waals surface area contributed by atoms with Crippen LogP contribution in [0.15, 0.2) is 87.9 Å². The second kappa shape index (κ2) is 8.34. The molecule has 0 unspecified atom stereocenters. The molecule has 1 N–H and O–H groups in total. The summed E-state index contributed by atoms with van der Waals surface area (Å²) in [5, 5.41) is 20.7. The van der Waals surface area contributed by atoms with Crippen LogP contribution in [0.2, 0.25) is 0 Å². The van der Waals surface area contributed by atoms with Gasteiger partial charge in [-0.2, -0.15) is 0 Å². The third kappa shape index (κ3) is 4.01. The van der Waals surface area contributed by atoms with Gasteiger partial charge in [-0.25, -0.2) is 8.42 Å². The topological polar surface area (TPSA) is 102 Å². The van der Waals surface area contributed by atoms with Crippen LogP contribution >= 0.6 is 0 Å². The van der Waals surface area contributed by atoms with Gasteiger partial charge in [0.25, 0.3) is 0 Å². The van der Waals surface area contributed by atoms with Crippen LogP contribution in [-0.2, 0) is 10.1 Å². The molecule has 0 aliphatic carbocycles. The fraction of sp³-hybridized carbons (Fsp3) is 0. The summed E-state index contributed by atoms with van der Waals surface area (Å²) in [5.41, 5.74) is 0.104. The summed E-state index contributed by atoms with van der Waals surface area (Å²) >= 11 is 0. The van der Waals surface area contributed by atoms with Crippen molar-refractivity contribution in [2.24, 2.45) is 10.2 Å². The molecule has 0 amide bonds. The molecular weight excluding hydrogens is 502 g/mol. The minimum atomic E-state index is -4.78. The van der Waals surface area contributed by atoms with Crippen LogP contribution in [0.5, 0.6) is 5.75 Å². The molecule has 4 aromatic rings. The molecule has 0 aliphatic rings. The van der Waals surface area contributed by atoms with Gasteiger partial charge in [-0.15, -0.1) is 10.2 Å². The molecule has 0 spiro atoms. The van der Waals surface area contributed by atoms with Crippen LogP contribution in [0, 0.1) is 0 Å². The molecule has 8 heteroatoms. The molecule has 4 rings (SSSR count). The van der Waals surface area contributed by atoms with Gasteiger partial charge in [0.1, 0.15) is 21.5 Å². The van der Waals surface area contributed by atoms with E-state index in [4.69, 9.17) is 0 Å². The van der Waals surface area contributed by atoms with E-state index in [1.165, 1.54) is 6.07 Å². The van der Waals surface area contributed by atoms with Crippen molar-refractivity contribution in [1.82, 2.24) is 0 Å². The van der Waals surface area contributed by atoms with E-state index in [-0.39, 0.29) is 71.4 Å². The van der Waals surface area contributed by atoms with Crippen molar-refractivity contribution in [1.29, 1.82) is 0 Å². The zero-order chi connectivity index (χ0) is 19.0. The van der Waals surface area contributed by atoms with Crippen LogP contribution in [0.4, 0.5) is 11.4 Å². The monoisotopic (exact) mass is 515 g/mol. The zero-order valence-corrected chi connectivity index (χ0v) is 19.9.